The molecule has 0 aromatic carbocycles. The first-order valence-corrected chi connectivity index (χ1v) is 10.7. The zero-order valence-corrected chi connectivity index (χ0v) is 19.2. The molecule has 7 nitrogen and oxygen atoms in total. The summed E-state index contributed by atoms with van der Waals surface area (Å²) in [6.07, 6.45) is 0.449. The monoisotopic (exact) mass is 462 g/mol. The van der Waals surface area contributed by atoms with E-state index in [-0.39, 0.29) is 17.2 Å². The average molecular weight is 463 g/mol. The van der Waals surface area contributed by atoms with E-state index < -0.39 is 23.1 Å². The van der Waals surface area contributed by atoms with Gasteiger partial charge in [0.05, 0.1) is 22.7 Å². The highest BCUT2D eigenvalue weighted by molar-refractivity contribution is 6.19. The lowest BCUT2D eigenvalue weighted by molar-refractivity contribution is -0.138. The van der Waals surface area contributed by atoms with Gasteiger partial charge < -0.3 is 5.32 Å². The van der Waals surface area contributed by atoms with Crippen molar-refractivity contribution in [1.29, 1.82) is 5.41 Å². The van der Waals surface area contributed by atoms with Crippen LogP contribution in [0.25, 0.3) is 0 Å². The number of ketones is 1. The van der Waals surface area contributed by atoms with Crippen molar-refractivity contribution in [2.45, 2.75) is 46.7 Å². The number of pyridine rings is 1. The molecule has 2 aromatic rings. The molecule has 33 heavy (non-hydrogen) atoms. The summed E-state index contributed by atoms with van der Waals surface area (Å²) < 4.78 is 40.9. The Hall–Kier alpha value is -3.14. The quantitative estimate of drug-likeness (QED) is 0.156. The average Bonchev–Trinajstić information content (AvgIpc) is 3.27. The second kappa shape index (κ2) is 11.6. The van der Waals surface area contributed by atoms with Gasteiger partial charge in [-0.15, -0.1) is 0 Å². The number of amidine groups is 1. The molecule has 0 bridgehead atoms. The second-order valence-corrected chi connectivity index (χ2v) is 7.83. The van der Waals surface area contributed by atoms with Gasteiger partial charge >= 0.3 is 6.18 Å². The third-order valence-corrected chi connectivity index (χ3v) is 5.10. The molecule has 2 heterocycles. The van der Waals surface area contributed by atoms with E-state index in [0.717, 1.165) is 25.1 Å². The standard InChI is InChI=1S/C23H29F3N6O/c1-5-14(2)13-28-9-6-17(22(31-16(4)27)19-8-11-30-32-19)12-20(33)18-7-10-29-15(3)21(18)23(24,25)26/h7-8,10-12,14,27-28H,5-6,9,13H2,1-4H3,(H,30,32)/b17-12+,27-16?,31-22?/t14-/m1/s1. The molecule has 3 N–H and O–H groups in total. The molecular formula is C23H29F3N6O. The SMILES string of the molecule is CC[C@@H](C)CNCC/C(=C\C(=O)c1ccnc(C)c1C(F)(F)F)C(=NC(C)=N)c1ccn[nH]1. The Balaban J connectivity index is 2.50. The number of hydrogen-bond acceptors (Lipinski definition) is 5. The molecule has 178 valence electrons. The van der Waals surface area contributed by atoms with E-state index in [2.05, 4.69) is 39.3 Å². The van der Waals surface area contributed by atoms with Gasteiger partial charge in [0.1, 0.15) is 5.84 Å². The van der Waals surface area contributed by atoms with Gasteiger partial charge in [0.15, 0.2) is 5.78 Å². The number of carbonyl (C=O) groups excluding carboxylic acids is 1. The van der Waals surface area contributed by atoms with Crippen molar-refractivity contribution in [2.24, 2.45) is 10.9 Å². The number of carbonyl (C=O) groups is 1. The second-order valence-electron chi connectivity index (χ2n) is 7.83. The minimum Gasteiger partial charge on any atom is -0.316 e. The van der Waals surface area contributed by atoms with Crippen molar-refractivity contribution < 1.29 is 18.0 Å². The van der Waals surface area contributed by atoms with Crippen molar-refractivity contribution >= 4 is 17.3 Å². The molecule has 0 aliphatic carbocycles. The van der Waals surface area contributed by atoms with Crippen LogP contribution in [0.5, 0.6) is 0 Å². The number of allylic oxidation sites excluding steroid dienone is 1. The fourth-order valence-electron chi connectivity index (χ4n) is 3.20. The van der Waals surface area contributed by atoms with Gasteiger partial charge in [-0.25, -0.2) is 4.99 Å². The van der Waals surface area contributed by atoms with Gasteiger partial charge in [-0.2, -0.15) is 18.3 Å². The maximum absolute atomic E-state index is 13.6. The number of halogens is 3. The Labute approximate surface area is 191 Å². The molecule has 0 amide bonds. The Morgan fingerprint density at radius 1 is 1.33 bits per heavy atom. The third-order valence-electron chi connectivity index (χ3n) is 5.10. The topological polar surface area (TPSA) is 107 Å². The predicted molar refractivity (Wildman–Crippen MR) is 122 cm³/mol. The van der Waals surface area contributed by atoms with Crippen LogP contribution in [-0.4, -0.2) is 45.6 Å². The Kier molecular flexibility index (Phi) is 9.22. The Morgan fingerprint density at radius 3 is 2.64 bits per heavy atom. The van der Waals surface area contributed by atoms with E-state index in [1.165, 1.54) is 26.2 Å². The maximum Gasteiger partial charge on any atom is 0.418 e. The molecular weight excluding hydrogens is 433 g/mol. The summed E-state index contributed by atoms with van der Waals surface area (Å²) in [6.45, 7) is 8.13. The molecule has 0 aliphatic rings. The Morgan fingerprint density at radius 2 is 2.06 bits per heavy atom. The normalized spacial score (nSPS) is 13.8. The van der Waals surface area contributed by atoms with Crippen molar-refractivity contribution in [1.82, 2.24) is 20.5 Å². The summed E-state index contributed by atoms with van der Waals surface area (Å²) in [7, 11) is 0. The molecule has 0 saturated heterocycles. The van der Waals surface area contributed by atoms with Crippen molar-refractivity contribution in [3.05, 3.63) is 58.7 Å². The minimum absolute atomic E-state index is 0.0127. The van der Waals surface area contributed by atoms with Gasteiger partial charge in [-0.05, 0) is 63.1 Å². The number of rotatable bonds is 10. The summed E-state index contributed by atoms with van der Waals surface area (Å²) >= 11 is 0. The lowest BCUT2D eigenvalue weighted by Crippen LogP contribution is -2.24. The molecule has 2 rings (SSSR count). The first kappa shape index (κ1) is 26.1. The highest BCUT2D eigenvalue weighted by Crippen LogP contribution is 2.34. The number of aryl methyl sites for hydroxylation is 1. The minimum atomic E-state index is -4.72. The number of aromatic amines is 1. The van der Waals surface area contributed by atoms with Crippen LogP contribution in [0.2, 0.25) is 0 Å². The van der Waals surface area contributed by atoms with Crippen LogP contribution in [0.4, 0.5) is 13.2 Å². The molecule has 0 unspecified atom stereocenters. The number of hydrogen-bond donors (Lipinski definition) is 3. The summed E-state index contributed by atoms with van der Waals surface area (Å²) in [6, 6.07) is 2.70. The molecule has 2 aromatic heterocycles. The summed E-state index contributed by atoms with van der Waals surface area (Å²) in [4.78, 5) is 21.0. The van der Waals surface area contributed by atoms with Crippen LogP contribution in [0, 0.1) is 18.3 Å². The molecule has 1 atom stereocenters. The van der Waals surface area contributed by atoms with Crippen LogP contribution >= 0.6 is 0 Å². The van der Waals surface area contributed by atoms with Crippen LogP contribution < -0.4 is 5.32 Å². The largest absolute Gasteiger partial charge is 0.418 e. The predicted octanol–water partition coefficient (Wildman–Crippen LogP) is 4.75. The smallest absolute Gasteiger partial charge is 0.316 e. The van der Waals surface area contributed by atoms with Crippen LogP contribution in [0.1, 0.15) is 60.9 Å². The van der Waals surface area contributed by atoms with Crippen LogP contribution in [-0.2, 0) is 6.18 Å². The number of aliphatic imine (C=N–C) groups is 1. The lowest BCUT2D eigenvalue weighted by Gasteiger charge is -2.15. The van der Waals surface area contributed by atoms with Crippen molar-refractivity contribution in [2.75, 3.05) is 13.1 Å². The third kappa shape index (κ3) is 7.45. The molecule has 0 aliphatic heterocycles. The summed E-state index contributed by atoms with van der Waals surface area (Å²) in [5, 5.41) is 17.8. The fourth-order valence-corrected chi connectivity index (χ4v) is 3.20. The van der Waals surface area contributed by atoms with Crippen molar-refractivity contribution in [3.8, 4) is 0 Å². The van der Waals surface area contributed by atoms with Gasteiger partial charge in [0.2, 0.25) is 0 Å². The number of nitrogens with zero attached hydrogens (tertiary/aromatic N) is 3. The van der Waals surface area contributed by atoms with E-state index in [1.807, 2.05) is 0 Å². The zero-order chi connectivity index (χ0) is 24.6. The van der Waals surface area contributed by atoms with Crippen LogP contribution in [0.3, 0.4) is 0 Å². The first-order valence-electron chi connectivity index (χ1n) is 10.7. The van der Waals surface area contributed by atoms with E-state index in [9.17, 15) is 18.0 Å². The van der Waals surface area contributed by atoms with E-state index in [4.69, 9.17) is 5.41 Å². The number of nitrogens with one attached hydrogen (secondary N) is 3. The van der Waals surface area contributed by atoms with Gasteiger partial charge in [0, 0.05) is 18.0 Å². The number of alkyl halides is 3. The van der Waals surface area contributed by atoms with Gasteiger partial charge in [0.25, 0.3) is 0 Å². The van der Waals surface area contributed by atoms with E-state index in [0.29, 0.717) is 30.2 Å². The van der Waals surface area contributed by atoms with Crippen molar-refractivity contribution in [3.63, 3.8) is 0 Å². The van der Waals surface area contributed by atoms with E-state index in [1.54, 1.807) is 6.07 Å². The highest BCUT2D eigenvalue weighted by Gasteiger charge is 2.37. The molecule has 10 heteroatoms. The number of aromatic nitrogens is 3. The maximum atomic E-state index is 13.6. The molecule has 0 fully saturated rings. The van der Waals surface area contributed by atoms with Gasteiger partial charge in [-0.3, -0.25) is 20.3 Å². The highest BCUT2D eigenvalue weighted by atomic mass is 19.4. The summed E-state index contributed by atoms with van der Waals surface area (Å²) in [5.41, 5.74) is -0.645. The van der Waals surface area contributed by atoms with Gasteiger partial charge in [-0.1, -0.05) is 20.3 Å². The van der Waals surface area contributed by atoms with E-state index >= 15 is 0 Å². The fraction of sp³-hybridized carbons (Fsp3) is 0.435. The first-order chi connectivity index (χ1) is 15.5. The molecule has 0 spiro atoms. The molecule has 0 saturated carbocycles. The Bertz CT molecular complexity index is 1030. The number of H-pyrrole nitrogens is 1. The zero-order valence-electron chi connectivity index (χ0n) is 19.2. The summed E-state index contributed by atoms with van der Waals surface area (Å²) in [5.74, 6) is -0.362. The van der Waals surface area contributed by atoms with Crippen LogP contribution in [0.15, 0.2) is 41.2 Å². The molecule has 0 radical (unpaired) electrons. The lowest BCUT2D eigenvalue weighted by atomic mass is 9.97.